The Morgan fingerprint density at radius 1 is 1.10 bits per heavy atom. The van der Waals surface area contributed by atoms with Gasteiger partial charge in [0.05, 0.1) is 25.8 Å². The zero-order valence-electron chi connectivity index (χ0n) is 16.5. The minimum Gasteiger partial charge on any atom is -0.469 e. The van der Waals surface area contributed by atoms with Crippen LogP contribution in [0.25, 0.3) is 0 Å². The summed E-state index contributed by atoms with van der Waals surface area (Å²) in [4.78, 5) is 50.7. The number of carbonyl (C=O) groups is 4. The largest absolute Gasteiger partial charge is 0.469 e. The first kappa shape index (κ1) is 21.9. The topological polar surface area (TPSA) is 112 Å². The molecule has 8 heteroatoms. The summed E-state index contributed by atoms with van der Waals surface area (Å²) in [7, 11) is 2.48. The summed E-state index contributed by atoms with van der Waals surface area (Å²) < 4.78 is 14.8. The number of aldehydes is 1. The van der Waals surface area contributed by atoms with Gasteiger partial charge in [0.1, 0.15) is 12.3 Å². The van der Waals surface area contributed by atoms with Crippen LogP contribution >= 0.6 is 0 Å². The Morgan fingerprint density at radius 3 is 2.38 bits per heavy atom. The average molecular weight is 401 g/mol. The number of rotatable bonds is 9. The summed E-state index contributed by atoms with van der Waals surface area (Å²) in [5.74, 6) is -2.57. The number of carbonyl (C=O) groups excluding carboxylic acids is 4. The second kappa shape index (κ2) is 10.2. The van der Waals surface area contributed by atoms with Gasteiger partial charge < -0.3 is 19.2 Å². The van der Waals surface area contributed by atoms with Gasteiger partial charge in [-0.25, -0.2) is 4.79 Å². The number of H-pyrrole nitrogens is 1. The molecule has 1 N–H and O–H groups in total. The molecule has 0 aliphatic heterocycles. The number of benzene rings is 1. The average Bonchev–Trinajstić information content (AvgIpc) is 3.13. The maximum absolute atomic E-state index is 12.7. The molecule has 0 saturated carbocycles. The van der Waals surface area contributed by atoms with E-state index in [1.54, 1.807) is 6.92 Å². The van der Waals surface area contributed by atoms with E-state index in [4.69, 9.17) is 9.47 Å². The normalized spacial score (nSPS) is 11.4. The number of ether oxygens (including phenoxy) is 3. The van der Waals surface area contributed by atoms with Gasteiger partial charge in [-0.1, -0.05) is 30.3 Å². The summed E-state index contributed by atoms with van der Waals surface area (Å²) in [6.45, 7) is 1.59. The minimum absolute atomic E-state index is 0.0256. The molecular weight excluding hydrogens is 378 g/mol. The summed E-state index contributed by atoms with van der Waals surface area (Å²) >= 11 is 0. The van der Waals surface area contributed by atoms with Crippen LogP contribution in [0.1, 0.15) is 56.9 Å². The van der Waals surface area contributed by atoms with Crippen molar-refractivity contribution in [1.29, 1.82) is 0 Å². The van der Waals surface area contributed by atoms with Crippen molar-refractivity contribution in [2.24, 2.45) is 0 Å². The highest BCUT2D eigenvalue weighted by atomic mass is 16.5. The van der Waals surface area contributed by atoms with Gasteiger partial charge in [0.2, 0.25) is 0 Å². The van der Waals surface area contributed by atoms with E-state index in [2.05, 4.69) is 9.72 Å². The van der Waals surface area contributed by atoms with Crippen LogP contribution in [-0.2, 0) is 36.8 Å². The van der Waals surface area contributed by atoms with E-state index in [0.29, 0.717) is 17.4 Å². The van der Waals surface area contributed by atoms with Gasteiger partial charge >= 0.3 is 17.9 Å². The maximum atomic E-state index is 12.7. The van der Waals surface area contributed by atoms with Gasteiger partial charge in [0.15, 0.2) is 6.29 Å². The van der Waals surface area contributed by atoms with Gasteiger partial charge in [0.25, 0.3) is 0 Å². The van der Waals surface area contributed by atoms with Crippen molar-refractivity contribution in [3.8, 4) is 0 Å². The van der Waals surface area contributed by atoms with Crippen molar-refractivity contribution < 1.29 is 33.4 Å². The highest BCUT2D eigenvalue weighted by Crippen LogP contribution is 2.29. The van der Waals surface area contributed by atoms with E-state index < -0.39 is 23.8 Å². The molecule has 0 amide bonds. The molecule has 0 bridgehead atoms. The second-order valence-electron chi connectivity index (χ2n) is 6.31. The van der Waals surface area contributed by atoms with Crippen LogP contribution in [0.15, 0.2) is 30.3 Å². The molecule has 0 radical (unpaired) electrons. The Bertz CT molecular complexity index is 886. The molecule has 1 atom stereocenters. The molecule has 1 unspecified atom stereocenters. The first-order chi connectivity index (χ1) is 13.9. The molecule has 2 aromatic rings. The van der Waals surface area contributed by atoms with Crippen molar-refractivity contribution >= 4 is 24.2 Å². The van der Waals surface area contributed by atoms with Crippen LogP contribution in [-0.4, -0.2) is 43.4 Å². The summed E-state index contributed by atoms with van der Waals surface area (Å²) in [6.07, 6.45) is 0.570. The third-order valence-corrected chi connectivity index (χ3v) is 4.51. The van der Waals surface area contributed by atoms with Gasteiger partial charge in [-0.15, -0.1) is 0 Å². The maximum Gasteiger partial charge on any atom is 0.355 e. The van der Waals surface area contributed by atoms with E-state index in [9.17, 15) is 19.2 Å². The van der Waals surface area contributed by atoms with Crippen LogP contribution in [0.2, 0.25) is 0 Å². The van der Waals surface area contributed by atoms with Crippen LogP contribution in [0.5, 0.6) is 0 Å². The molecule has 0 spiro atoms. The lowest BCUT2D eigenvalue weighted by molar-refractivity contribution is -0.142. The molecule has 1 aromatic carbocycles. The SMILES string of the molecule is COC(=O)CCc1c(C(=O)OCc2ccccc2)[nH]c(C=O)c1C(C)C(=O)OC. The molecule has 0 fully saturated rings. The lowest BCUT2D eigenvalue weighted by Gasteiger charge is -2.12. The molecule has 2 rings (SSSR count). The van der Waals surface area contributed by atoms with Crippen molar-refractivity contribution in [1.82, 2.24) is 4.98 Å². The van der Waals surface area contributed by atoms with Crippen LogP contribution in [0, 0.1) is 0 Å². The van der Waals surface area contributed by atoms with Gasteiger partial charge in [-0.3, -0.25) is 14.4 Å². The van der Waals surface area contributed by atoms with Gasteiger partial charge in [0, 0.05) is 6.42 Å². The number of aromatic nitrogens is 1. The van der Waals surface area contributed by atoms with E-state index in [1.165, 1.54) is 14.2 Å². The van der Waals surface area contributed by atoms with Crippen molar-refractivity contribution in [3.05, 3.63) is 58.4 Å². The Balaban J connectivity index is 2.39. The van der Waals surface area contributed by atoms with Gasteiger partial charge in [-0.05, 0) is 30.0 Å². The number of methoxy groups -OCH3 is 2. The Kier molecular flexibility index (Phi) is 7.70. The fourth-order valence-corrected chi connectivity index (χ4v) is 3.02. The van der Waals surface area contributed by atoms with Crippen LogP contribution < -0.4 is 0 Å². The smallest absolute Gasteiger partial charge is 0.355 e. The third-order valence-electron chi connectivity index (χ3n) is 4.51. The fraction of sp³-hybridized carbons (Fsp3) is 0.333. The van der Waals surface area contributed by atoms with Crippen molar-refractivity contribution in [2.75, 3.05) is 14.2 Å². The predicted octanol–water partition coefficient (Wildman–Crippen LogP) is 2.57. The van der Waals surface area contributed by atoms with Crippen molar-refractivity contribution in [2.45, 2.75) is 32.3 Å². The monoisotopic (exact) mass is 401 g/mol. The van der Waals surface area contributed by atoms with E-state index >= 15 is 0 Å². The third kappa shape index (κ3) is 5.31. The molecule has 0 aliphatic carbocycles. The summed E-state index contributed by atoms with van der Waals surface area (Å²) in [6, 6.07) is 9.10. The highest BCUT2D eigenvalue weighted by Gasteiger charge is 2.30. The second-order valence-corrected chi connectivity index (χ2v) is 6.31. The fourth-order valence-electron chi connectivity index (χ4n) is 3.02. The molecule has 0 aliphatic rings. The summed E-state index contributed by atoms with van der Waals surface area (Å²) in [5, 5.41) is 0. The molecule has 154 valence electrons. The van der Waals surface area contributed by atoms with Crippen LogP contribution in [0.4, 0.5) is 0 Å². The molecule has 29 heavy (non-hydrogen) atoms. The number of hydrogen-bond acceptors (Lipinski definition) is 7. The molecule has 8 nitrogen and oxygen atoms in total. The lowest BCUT2D eigenvalue weighted by Crippen LogP contribution is -2.15. The Hall–Kier alpha value is -3.42. The molecular formula is C21H23NO7. The standard InChI is InChI=1S/C21H23NO7/c1-13(20(25)28-3)18-15(9-10-17(24)27-2)19(22-16(18)11-23)21(26)29-12-14-7-5-4-6-8-14/h4-8,11,13,22H,9-10,12H2,1-3H3. The Labute approximate surface area is 168 Å². The number of hydrogen-bond donors (Lipinski definition) is 1. The predicted molar refractivity (Wildman–Crippen MR) is 103 cm³/mol. The number of aromatic amines is 1. The molecule has 1 aromatic heterocycles. The van der Waals surface area contributed by atoms with E-state index in [1.807, 2.05) is 30.3 Å². The molecule has 1 heterocycles. The summed E-state index contributed by atoms with van der Waals surface area (Å²) in [5.41, 5.74) is 1.55. The lowest BCUT2D eigenvalue weighted by atomic mass is 9.93. The van der Waals surface area contributed by atoms with Crippen molar-refractivity contribution in [3.63, 3.8) is 0 Å². The quantitative estimate of drug-likeness (QED) is 0.390. The number of esters is 3. The first-order valence-electron chi connectivity index (χ1n) is 8.98. The highest BCUT2D eigenvalue weighted by molar-refractivity contribution is 5.94. The number of nitrogens with one attached hydrogen (secondary N) is 1. The van der Waals surface area contributed by atoms with Gasteiger partial charge in [-0.2, -0.15) is 0 Å². The van der Waals surface area contributed by atoms with E-state index in [0.717, 1.165) is 5.56 Å². The zero-order chi connectivity index (χ0) is 21.4. The van der Waals surface area contributed by atoms with Crippen LogP contribution in [0.3, 0.4) is 0 Å². The zero-order valence-corrected chi connectivity index (χ0v) is 16.5. The van der Waals surface area contributed by atoms with E-state index in [-0.39, 0.29) is 30.8 Å². The molecule has 0 saturated heterocycles. The minimum atomic E-state index is -0.820. The Morgan fingerprint density at radius 2 is 1.79 bits per heavy atom. The first-order valence-corrected chi connectivity index (χ1v) is 8.98.